The van der Waals surface area contributed by atoms with Crippen molar-refractivity contribution in [3.8, 4) is 0 Å². The number of carbonyl (C=O) groups is 1. The maximum atomic E-state index is 12.9. The van der Waals surface area contributed by atoms with Gasteiger partial charge in [0.15, 0.2) is 0 Å². The Morgan fingerprint density at radius 1 is 1.04 bits per heavy atom. The van der Waals surface area contributed by atoms with E-state index in [0.717, 1.165) is 28.5 Å². The van der Waals surface area contributed by atoms with Crippen molar-refractivity contribution < 1.29 is 13.2 Å². The number of nitrogens with zero attached hydrogens (tertiary/aromatic N) is 1. The Balaban J connectivity index is 2.30. The number of sulfonamides is 1. The van der Waals surface area contributed by atoms with Crippen molar-refractivity contribution in [1.82, 2.24) is 5.32 Å². The van der Waals surface area contributed by atoms with Gasteiger partial charge in [-0.05, 0) is 49.9 Å². The highest BCUT2D eigenvalue weighted by atomic mass is 32.2. The lowest BCUT2D eigenvalue weighted by molar-refractivity contribution is -0.122. The lowest BCUT2D eigenvalue weighted by Gasteiger charge is -2.31. The molecule has 6 heteroatoms. The lowest BCUT2D eigenvalue weighted by atomic mass is 10.1. The fourth-order valence-corrected chi connectivity index (χ4v) is 4.27. The van der Waals surface area contributed by atoms with Gasteiger partial charge >= 0.3 is 0 Å². The van der Waals surface area contributed by atoms with Crippen LogP contribution in [-0.2, 0) is 21.4 Å². The van der Waals surface area contributed by atoms with Crippen LogP contribution < -0.4 is 9.62 Å². The molecule has 0 aliphatic rings. The minimum absolute atomic E-state index is 0.301. The summed E-state index contributed by atoms with van der Waals surface area (Å²) in [5, 5.41) is 2.88. The van der Waals surface area contributed by atoms with Crippen molar-refractivity contribution in [2.45, 2.75) is 46.7 Å². The van der Waals surface area contributed by atoms with Crippen LogP contribution in [0.3, 0.4) is 0 Å². The van der Waals surface area contributed by atoms with Crippen LogP contribution in [0.25, 0.3) is 0 Å². The van der Waals surface area contributed by atoms with Crippen molar-refractivity contribution in [2.24, 2.45) is 0 Å². The molecule has 0 heterocycles. The second-order valence-electron chi connectivity index (χ2n) is 6.98. The maximum Gasteiger partial charge on any atom is 0.244 e. The van der Waals surface area contributed by atoms with Gasteiger partial charge in [-0.2, -0.15) is 0 Å². The van der Waals surface area contributed by atoms with Crippen LogP contribution in [0.15, 0.2) is 42.5 Å². The maximum absolute atomic E-state index is 12.9. The van der Waals surface area contributed by atoms with E-state index in [1.807, 2.05) is 70.2 Å². The summed E-state index contributed by atoms with van der Waals surface area (Å²) >= 11 is 0. The Labute approximate surface area is 162 Å². The van der Waals surface area contributed by atoms with Crippen molar-refractivity contribution in [1.29, 1.82) is 0 Å². The normalized spacial score (nSPS) is 12.5. The number of amides is 1. The zero-order valence-corrected chi connectivity index (χ0v) is 17.4. The molecule has 0 bridgehead atoms. The van der Waals surface area contributed by atoms with Crippen LogP contribution >= 0.6 is 0 Å². The molecular formula is C21H28N2O3S. The van der Waals surface area contributed by atoms with Gasteiger partial charge in [0.1, 0.15) is 6.04 Å². The van der Waals surface area contributed by atoms with E-state index in [2.05, 4.69) is 5.32 Å². The fourth-order valence-electron chi connectivity index (χ4n) is 3.01. The number of benzene rings is 2. The van der Waals surface area contributed by atoms with Gasteiger partial charge in [0.2, 0.25) is 15.9 Å². The number of anilines is 1. The third kappa shape index (κ3) is 5.32. The van der Waals surface area contributed by atoms with E-state index >= 15 is 0 Å². The third-order valence-electron chi connectivity index (χ3n) is 4.52. The molecule has 2 rings (SSSR count). The van der Waals surface area contributed by atoms with Crippen molar-refractivity contribution in [3.63, 3.8) is 0 Å². The predicted molar refractivity (Wildman–Crippen MR) is 110 cm³/mol. The highest BCUT2D eigenvalue weighted by Crippen LogP contribution is 2.27. The van der Waals surface area contributed by atoms with Gasteiger partial charge < -0.3 is 5.32 Å². The van der Waals surface area contributed by atoms with E-state index in [-0.39, 0.29) is 5.91 Å². The summed E-state index contributed by atoms with van der Waals surface area (Å²) in [6.07, 6.45) is 1.52. The quantitative estimate of drug-likeness (QED) is 0.790. The molecule has 1 atom stereocenters. The first-order chi connectivity index (χ1) is 12.6. The topological polar surface area (TPSA) is 66.5 Å². The second-order valence-corrected chi connectivity index (χ2v) is 8.84. The zero-order chi connectivity index (χ0) is 20.2. The van der Waals surface area contributed by atoms with Crippen LogP contribution in [0.1, 0.15) is 35.6 Å². The van der Waals surface area contributed by atoms with Gasteiger partial charge in [0, 0.05) is 6.54 Å². The molecular weight excluding hydrogens is 360 g/mol. The number of aryl methyl sites for hydroxylation is 3. The van der Waals surface area contributed by atoms with Crippen LogP contribution in [-0.4, -0.2) is 26.6 Å². The molecule has 0 aliphatic heterocycles. The molecule has 1 amide bonds. The monoisotopic (exact) mass is 388 g/mol. The summed E-state index contributed by atoms with van der Waals surface area (Å²) in [6, 6.07) is 12.7. The minimum atomic E-state index is -3.63. The summed E-state index contributed by atoms with van der Waals surface area (Å²) in [6.45, 7) is 7.94. The Kier molecular flexibility index (Phi) is 6.65. The molecule has 0 radical (unpaired) electrons. The zero-order valence-electron chi connectivity index (χ0n) is 16.6. The molecule has 0 fully saturated rings. The first-order valence-electron chi connectivity index (χ1n) is 9.03. The molecule has 27 heavy (non-hydrogen) atoms. The largest absolute Gasteiger partial charge is 0.350 e. The van der Waals surface area contributed by atoms with E-state index < -0.39 is 16.1 Å². The number of nitrogens with one attached hydrogen (secondary N) is 1. The number of hydrogen-bond donors (Lipinski definition) is 1. The van der Waals surface area contributed by atoms with Gasteiger partial charge in [-0.15, -0.1) is 0 Å². The summed E-state index contributed by atoms with van der Waals surface area (Å²) < 4.78 is 26.4. The third-order valence-corrected chi connectivity index (χ3v) is 5.68. The Hall–Kier alpha value is -2.34. The van der Waals surface area contributed by atoms with Gasteiger partial charge in [0.25, 0.3) is 0 Å². The Bertz CT molecular complexity index is 906. The van der Waals surface area contributed by atoms with E-state index in [0.29, 0.717) is 18.7 Å². The summed E-state index contributed by atoms with van der Waals surface area (Å²) in [7, 11) is -3.63. The molecule has 0 saturated carbocycles. The standard InChI is InChI=1S/C21H28N2O3S/c1-6-19(21(24)22-14-18-11-8-15(2)9-12-18)23(27(5,25)26)20-13-16(3)7-10-17(20)4/h7-13,19H,6,14H2,1-5H3,(H,22,24). The number of carbonyl (C=O) groups excluding carboxylic acids is 1. The van der Waals surface area contributed by atoms with Gasteiger partial charge in [-0.25, -0.2) is 8.42 Å². The molecule has 0 saturated heterocycles. The molecule has 2 aromatic rings. The molecule has 0 aliphatic carbocycles. The summed E-state index contributed by atoms with van der Waals surface area (Å²) in [4.78, 5) is 12.9. The molecule has 1 unspecified atom stereocenters. The van der Waals surface area contributed by atoms with Gasteiger partial charge in [-0.1, -0.05) is 48.9 Å². The van der Waals surface area contributed by atoms with Crippen LogP contribution in [0.2, 0.25) is 0 Å². The molecule has 0 spiro atoms. The van der Waals surface area contributed by atoms with Crippen LogP contribution in [0.4, 0.5) is 5.69 Å². The predicted octanol–water partition coefficient (Wildman–Crippen LogP) is 3.47. The highest BCUT2D eigenvalue weighted by Gasteiger charge is 2.32. The molecule has 146 valence electrons. The Morgan fingerprint density at radius 3 is 2.19 bits per heavy atom. The number of hydrogen-bond acceptors (Lipinski definition) is 3. The summed E-state index contributed by atoms with van der Waals surface area (Å²) in [5.41, 5.74) is 4.43. The van der Waals surface area contributed by atoms with Crippen LogP contribution in [0, 0.1) is 20.8 Å². The molecule has 1 N–H and O–H groups in total. The highest BCUT2D eigenvalue weighted by molar-refractivity contribution is 7.92. The lowest BCUT2D eigenvalue weighted by Crippen LogP contribution is -2.49. The smallest absolute Gasteiger partial charge is 0.244 e. The first kappa shape index (κ1) is 21.0. The van der Waals surface area contributed by atoms with E-state index in [9.17, 15) is 13.2 Å². The average molecular weight is 389 g/mol. The second kappa shape index (κ2) is 8.57. The van der Waals surface area contributed by atoms with E-state index in [1.54, 1.807) is 0 Å². The Morgan fingerprint density at radius 2 is 1.63 bits per heavy atom. The SMILES string of the molecule is CCC(C(=O)NCc1ccc(C)cc1)N(c1cc(C)ccc1C)S(C)(=O)=O. The van der Waals surface area contributed by atoms with Gasteiger partial charge in [-0.3, -0.25) is 9.10 Å². The summed E-state index contributed by atoms with van der Waals surface area (Å²) in [5.74, 6) is -0.301. The van der Waals surface area contributed by atoms with Gasteiger partial charge in [0.05, 0.1) is 11.9 Å². The van der Waals surface area contributed by atoms with Crippen molar-refractivity contribution in [3.05, 3.63) is 64.7 Å². The van der Waals surface area contributed by atoms with Crippen LogP contribution in [0.5, 0.6) is 0 Å². The van der Waals surface area contributed by atoms with E-state index in [4.69, 9.17) is 0 Å². The molecule has 2 aromatic carbocycles. The first-order valence-corrected chi connectivity index (χ1v) is 10.9. The molecule has 0 aromatic heterocycles. The minimum Gasteiger partial charge on any atom is -0.350 e. The fraction of sp³-hybridized carbons (Fsp3) is 0.381. The van der Waals surface area contributed by atoms with Crippen molar-refractivity contribution in [2.75, 3.05) is 10.6 Å². The van der Waals surface area contributed by atoms with Crippen molar-refractivity contribution >= 4 is 21.6 Å². The molecule has 5 nitrogen and oxygen atoms in total. The average Bonchev–Trinajstić information content (AvgIpc) is 2.60. The van der Waals surface area contributed by atoms with E-state index in [1.165, 1.54) is 4.31 Å². The number of rotatable bonds is 7.